The van der Waals surface area contributed by atoms with Gasteiger partial charge in [0, 0.05) is 24.4 Å². The Morgan fingerprint density at radius 3 is 2.40 bits per heavy atom. The number of nitrogens with one attached hydrogen (secondary N) is 1. The molecule has 1 spiro atoms. The van der Waals surface area contributed by atoms with E-state index in [1.807, 2.05) is 18.4 Å². The zero-order valence-electron chi connectivity index (χ0n) is 30.0. The van der Waals surface area contributed by atoms with Crippen molar-refractivity contribution >= 4 is 23.3 Å². The van der Waals surface area contributed by atoms with Crippen molar-refractivity contribution in [3.05, 3.63) is 214 Å². The first-order valence-corrected chi connectivity index (χ1v) is 18.5. The third-order valence-corrected chi connectivity index (χ3v) is 10.9. The molecule has 5 aromatic rings. The Morgan fingerprint density at radius 2 is 1.60 bits per heavy atom. The molecule has 0 saturated carbocycles. The number of hydrogen-bond acceptors (Lipinski definition) is 1. The predicted molar refractivity (Wildman–Crippen MR) is 221 cm³/mol. The van der Waals surface area contributed by atoms with Crippen molar-refractivity contribution < 1.29 is 0 Å². The highest BCUT2D eigenvalue weighted by Gasteiger charge is 2.52. The first kappa shape index (κ1) is 33.1. The summed E-state index contributed by atoms with van der Waals surface area (Å²) < 4.78 is 0. The van der Waals surface area contributed by atoms with Gasteiger partial charge in [-0.1, -0.05) is 153 Å². The van der Waals surface area contributed by atoms with E-state index >= 15 is 0 Å². The molecule has 0 radical (unpaired) electrons. The monoisotopic (exact) mass is 669 g/mol. The summed E-state index contributed by atoms with van der Waals surface area (Å²) in [6, 6.07) is 42.5. The van der Waals surface area contributed by atoms with Crippen LogP contribution >= 0.6 is 0 Å². The van der Waals surface area contributed by atoms with Gasteiger partial charge in [-0.05, 0) is 122 Å². The molecular formula is C51H43N. The number of rotatable bonds is 8. The van der Waals surface area contributed by atoms with Crippen molar-refractivity contribution in [3.8, 4) is 23.0 Å². The molecule has 0 fully saturated rings. The Labute approximate surface area is 309 Å². The molecule has 0 saturated heterocycles. The van der Waals surface area contributed by atoms with Crippen LogP contribution in [0.25, 0.3) is 34.4 Å². The fourth-order valence-electron chi connectivity index (χ4n) is 8.54. The van der Waals surface area contributed by atoms with E-state index in [0.717, 1.165) is 24.8 Å². The Morgan fingerprint density at radius 1 is 0.808 bits per heavy atom. The van der Waals surface area contributed by atoms with Crippen molar-refractivity contribution in [2.45, 2.75) is 44.9 Å². The fraction of sp³-hybridized carbons (Fsp3) is 0.137. The third-order valence-electron chi connectivity index (χ3n) is 10.9. The van der Waals surface area contributed by atoms with Gasteiger partial charge in [0.15, 0.2) is 0 Å². The van der Waals surface area contributed by atoms with E-state index in [-0.39, 0.29) is 0 Å². The van der Waals surface area contributed by atoms with Gasteiger partial charge < -0.3 is 5.32 Å². The van der Waals surface area contributed by atoms with Crippen LogP contribution in [0.2, 0.25) is 0 Å². The van der Waals surface area contributed by atoms with E-state index < -0.39 is 5.41 Å². The van der Waals surface area contributed by atoms with Crippen molar-refractivity contribution in [2.75, 3.05) is 0 Å². The molecule has 3 aliphatic rings. The molecule has 0 heterocycles. The quantitative estimate of drug-likeness (QED) is 0.162. The van der Waals surface area contributed by atoms with Crippen LogP contribution in [0.3, 0.4) is 0 Å². The first-order valence-electron chi connectivity index (χ1n) is 18.5. The minimum Gasteiger partial charge on any atom is -0.364 e. The molecule has 1 atom stereocenters. The Bertz CT molecular complexity index is 2420. The summed E-state index contributed by atoms with van der Waals surface area (Å²) in [6.07, 6.45) is 18.5. The molecule has 52 heavy (non-hydrogen) atoms. The van der Waals surface area contributed by atoms with Crippen LogP contribution in [-0.2, 0) is 11.8 Å². The third kappa shape index (κ3) is 5.62. The second kappa shape index (κ2) is 14.3. The molecule has 1 N–H and O–H groups in total. The standard InChI is InChI=1S/C51H43N/c1-4-37-20-14-15-26-42(37)44-34-40(32-31-36(44)3)50-43-27-16-17-28-46(43)51(48(50)29-13-8-18-33-52-41-24-11-7-12-25-41)47-30-19-23-38(5-2)45(47)35-49(51)39-21-9-6-10-22-39/h4,6-7,9-11,14-24,26-28,30-35,52H,1,5,12,25,29H2,2-3H3/b33-18+. The fourth-order valence-corrected chi connectivity index (χ4v) is 8.54. The van der Waals surface area contributed by atoms with Crippen LogP contribution in [-0.4, -0.2) is 0 Å². The molecular weight excluding hydrogens is 627 g/mol. The van der Waals surface area contributed by atoms with E-state index in [1.54, 1.807) is 0 Å². The van der Waals surface area contributed by atoms with Gasteiger partial charge in [0.25, 0.3) is 0 Å². The molecule has 0 bridgehead atoms. The largest absolute Gasteiger partial charge is 0.364 e. The normalized spacial score (nSPS) is 17.0. The molecule has 1 nitrogen and oxygen atoms in total. The summed E-state index contributed by atoms with van der Waals surface area (Å²) in [4.78, 5) is 0. The lowest BCUT2D eigenvalue weighted by Crippen LogP contribution is -2.28. The zero-order chi connectivity index (χ0) is 35.5. The molecule has 0 aliphatic heterocycles. The summed E-state index contributed by atoms with van der Waals surface area (Å²) in [5, 5.41) is 3.44. The lowest BCUT2D eigenvalue weighted by molar-refractivity contribution is 0.792. The predicted octanol–water partition coefficient (Wildman–Crippen LogP) is 12.3. The molecule has 0 aromatic heterocycles. The van der Waals surface area contributed by atoms with Gasteiger partial charge in [-0.15, -0.1) is 0 Å². The van der Waals surface area contributed by atoms with Gasteiger partial charge in [-0.25, -0.2) is 0 Å². The van der Waals surface area contributed by atoms with Gasteiger partial charge >= 0.3 is 0 Å². The smallest absolute Gasteiger partial charge is 0.0697 e. The molecule has 252 valence electrons. The average Bonchev–Trinajstić information content (AvgIpc) is 3.70. The van der Waals surface area contributed by atoms with E-state index in [0.29, 0.717) is 6.42 Å². The SMILES string of the molecule is C=Cc1ccccc1-c1cc(C2=C(CC#C/C=C/NC3=CC=CCC3)C3(C(c4ccccc4)=Cc4c(CC)cccc43)c3ccccc32)ccc1C. The van der Waals surface area contributed by atoms with Crippen molar-refractivity contribution in [1.29, 1.82) is 0 Å². The van der Waals surface area contributed by atoms with E-state index in [4.69, 9.17) is 0 Å². The number of hydrogen-bond donors (Lipinski definition) is 1. The Balaban J connectivity index is 1.38. The molecule has 1 heteroatoms. The number of allylic oxidation sites excluding steroid dienone is 7. The molecule has 0 amide bonds. The van der Waals surface area contributed by atoms with Crippen LogP contribution in [0.4, 0.5) is 0 Å². The van der Waals surface area contributed by atoms with Crippen LogP contribution < -0.4 is 5.32 Å². The number of aryl methyl sites for hydroxylation is 2. The first-order chi connectivity index (χ1) is 25.6. The maximum absolute atomic E-state index is 4.14. The molecule has 5 aromatic carbocycles. The highest BCUT2D eigenvalue weighted by Crippen LogP contribution is 2.63. The highest BCUT2D eigenvalue weighted by molar-refractivity contribution is 6.07. The van der Waals surface area contributed by atoms with Crippen LogP contribution in [0.5, 0.6) is 0 Å². The summed E-state index contributed by atoms with van der Waals surface area (Å²) in [5.41, 5.74) is 18.6. The van der Waals surface area contributed by atoms with Gasteiger partial charge in [0.05, 0.1) is 5.41 Å². The highest BCUT2D eigenvalue weighted by atomic mass is 14.8. The van der Waals surface area contributed by atoms with Gasteiger partial charge in [-0.2, -0.15) is 0 Å². The van der Waals surface area contributed by atoms with E-state index in [9.17, 15) is 0 Å². The van der Waals surface area contributed by atoms with Gasteiger partial charge in [0.2, 0.25) is 0 Å². The lowest BCUT2D eigenvalue weighted by atomic mass is 9.66. The zero-order valence-corrected chi connectivity index (χ0v) is 30.0. The Hall–Kier alpha value is -6.10. The molecule has 1 unspecified atom stereocenters. The van der Waals surface area contributed by atoms with Crippen LogP contribution in [0.15, 0.2) is 164 Å². The topological polar surface area (TPSA) is 12.0 Å². The minimum atomic E-state index is -0.492. The van der Waals surface area contributed by atoms with Crippen LogP contribution in [0.1, 0.15) is 76.3 Å². The maximum Gasteiger partial charge on any atom is 0.0697 e. The molecule has 8 rings (SSSR count). The molecule has 3 aliphatic carbocycles. The summed E-state index contributed by atoms with van der Waals surface area (Å²) in [7, 11) is 0. The summed E-state index contributed by atoms with van der Waals surface area (Å²) >= 11 is 0. The van der Waals surface area contributed by atoms with Crippen molar-refractivity contribution in [2.24, 2.45) is 0 Å². The number of fused-ring (bicyclic) bond motifs is 4. The second-order valence-corrected chi connectivity index (χ2v) is 13.8. The van der Waals surface area contributed by atoms with Crippen molar-refractivity contribution in [3.63, 3.8) is 0 Å². The average molecular weight is 670 g/mol. The van der Waals surface area contributed by atoms with E-state index in [2.05, 4.69) is 177 Å². The summed E-state index contributed by atoms with van der Waals surface area (Å²) in [5.74, 6) is 7.07. The Kier molecular flexibility index (Phi) is 9.07. The minimum absolute atomic E-state index is 0.492. The summed E-state index contributed by atoms with van der Waals surface area (Å²) in [6.45, 7) is 8.62. The van der Waals surface area contributed by atoms with Crippen molar-refractivity contribution in [1.82, 2.24) is 5.32 Å². The maximum atomic E-state index is 4.14. The second-order valence-electron chi connectivity index (χ2n) is 13.8. The van der Waals surface area contributed by atoms with Gasteiger partial charge in [-0.3, -0.25) is 0 Å². The van der Waals surface area contributed by atoms with Gasteiger partial charge in [0.1, 0.15) is 0 Å². The van der Waals surface area contributed by atoms with E-state index in [1.165, 1.54) is 78.1 Å². The number of benzene rings is 5. The lowest BCUT2D eigenvalue weighted by Gasteiger charge is -2.35. The van der Waals surface area contributed by atoms with Crippen LogP contribution in [0, 0.1) is 18.8 Å².